The Bertz CT molecular complexity index is 334. The first-order valence-corrected chi connectivity index (χ1v) is 6.48. The zero-order valence-corrected chi connectivity index (χ0v) is 10.6. The Kier molecular flexibility index (Phi) is 4.06. The topological polar surface area (TPSA) is 78.9 Å². The fourth-order valence-corrected chi connectivity index (χ4v) is 2.63. The van der Waals surface area contributed by atoms with E-state index in [0.29, 0.717) is 25.4 Å². The van der Waals surface area contributed by atoms with E-state index in [0.717, 1.165) is 19.4 Å². The highest BCUT2D eigenvalue weighted by atomic mass is 16.5. The number of hydrogen-bond donors (Lipinski definition) is 2. The summed E-state index contributed by atoms with van der Waals surface area (Å²) in [5, 5.41) is 11.8. The van der Waals surface area contributed by atoms with E-state index in [1.165, 1.54) is 4.90 Å². The zero-order valence-electron chi connectivity index (χ0n) is 10.6. The molecule has 0 bridgehead atoms. The lowest BCUT2D eigenvalue weighted by Gasteiger charge is -2.23. The number of carbonyl (C=O) groups excluding carboxylic acids is 1. The predicted molar refractivity (Wildman–Crippen MR) is 64.3 cm³/mol. The Morgan fingerprint density at radius 2 is 2.22 bits per heavy atom. The molecule has 0 saturated carbocycles. The first-order valence-electron chi connectivity index (χ1n) is 6.48. The number of carboxylic acids is 1. The standard InChI is InChI=1S/C12H20N2O4/c1-8-9(4-6-18-8)7-13-12(17)14-5-2-3-10(14)11(15)16/h8-10H,2-7H2,1H3,(H,13,17)(H,15,16)/t8?,9?,10-/m1/s1. The van der Waals surface area contributed by atoms with Crippen molar-refractivity contribution < 1.29 is 19.4 Å². The number of hydrogen-bond acceptors (Lipinski definition) is 3. The summed E-state index contributed by atoms with van der Waals surface area (Å²) in [7, 11) is 0. The van der Waals surface area contributed by atoms with Crippen molar-refractivity contribution >= 4 is 12.0 Å². The van der Waals surface area contributed by atoms with Crippen LogP contribution in [0.25, 0.3) is 0 Å². The minimum atomic E-state index is -0.916. The second kappa shape index (κ2) is 5.56. The fourth-order valence-electron chi connectivity index (χ4n) is 2.63. The molecule has 0 radical (unpaired) electrons. The van der Waals surface area contributed by atoms with Gasteiger partial charge in [0.25, 0.3) is 0 Å². The molecule has 2 aliphatic rings. The Hall–Kier alpha value is -1.30. The van der Waals surface area contributed by atoms with Crippen LogP contribution in [0.4, 0.5) is 4.79 Å². The molecule has 2 amide bonds. The minimum Gasteiger partial charge on any atom is -0.480 e. The van der Waals surface area contributed by atoms with E-state index in [9.17, 15) is 9.59 Å². The molecule has 2 fully saturated rings. The van der Waals surface area contributed by atoms with Gasteiger partial charge in [-0.05, 0) is 26.2 Å². The van der Waals surface area contributed by atoms with Crippen LogP contribution in [0.5, 0.6) is 0 Å². The monoisotopic (exact) mass is 256 g/mol. The molecule has 6 nitrogen and oxygen atoms in total. The van der Waals surface area contributed by atoms with E-state index in [1.807, 2.05) is 6.92 Å². The van der Waals surface area contributed by atoms with Gasteiger partial charge in [-0.1, -0.05) is 0 Å². The summed E-state index contributed by atoms with van der Waals surface area (Å²) in [6.45, 7) is 3.82. The Morgan fingerprint density at radius 1 is 1.44 bits per heavy atom. The summed E-state index contributed by atoms with van der Waals surface area (Å²) < 4.78 is 5.42. The Balaban J connectivity index is 1.82. The highest BCUT2D eigenvalue weighted by Gasteiger charge is 2.34. The zero-order chi connectivity index (χ0) is 13.1. The van der Waals surface area contributed by atoms with Gasteiger partial charge in [0.05, 0.1) is 6.10 Å². The van der Waals surface area contributed by atoms with Gasteiger partial charge < -0.3 is 20.1 Å². The third kappa shape index (κ3) is 2.75. The first-order chi connectivity index (χ1) is 8.59. The molecule has 3 atom stereocenters. The van der Waals surface area contributed by atoms with Crippen LogP contribution in [0.3, 0.4) is 0 Å². The summed E-state index contributed by atoms with van der Waals surface area (Å²) in [5.74, 6) is -0.583. The number of carbonyl (C=O) groups is 2. The molecule has 0 aromatic heterocycles. The summed E-state index contributed by atoms with van der Waals surface area (Å²) in [6, 6.07) is -0.929. The number of aliphatic carboxylic acids is 1. The summed E-state index contributed by atoms with van der Waals surface area (Å²) in [6.07, 6.45) is 2.42. The molecular formula is C12H20N2O4. The van der Waals surface area contributed by atoms with Crippen LogP contribution in [-0.2, 0) is 9.53 Å². The van der Waals surface area contributed by atoms with Crippen LogP contribution < -0.4 is 5.32 Å². The lowest BCUT2D eigenvalue weighted by molar-refractivity contribution is -0.141. The predicted octanol–water partition coefficient (Wildman–Crippen LogP) is 0.670. The first kappa shape index (κ1) is 13.1. The quantitative estimate of drug-likeness (QED) is 0.778. The minimum absolute atomic E-state index is 0.166. The maximum absolute atomic E-state index is 11.9. The third-order valence-corrected chi connectivity index (χ3v) is 3.85. The molecule has 2 aliphatic heterocycles. The molecule has 0 aromatic rings. The Morgan fingerprint density at radius 3 is 2.83 bits per heavy atom. The van der Waals surface area contributed by atoms with Crippen LogP contribution >= 0.6 is 0 Å². The maximum atomic E-state index is 11.9. The van der Waals surface area contributed by atoms with Gasteiger partial charge in [0.1, 0.15) is 6.04 Å². The fraction of sp³-hybridized carbons (Fsp3) is 0.833. The van der Waals surface area contributed by atoms with Gasteiger partial charge in [0.2, 0.25) is 0 Å². The molecule has 6 heteroatoms. The summed E-state index contributed by atoms with van der Waals surface area (Å²) in [5.41, 5.74) is 0. The number of amides is 2. The highest BCUT2D eigenvalue weighted by Crippen LogP contribution is 2.20. The van der Waals surface area contributed by atoms with Crippen LogP contribution in [0.1, 0.15) is 26.2 Å². The smallest absolute Gasteiger partial charge is 0.326 e. The molecule has 0 spiro atoms. The largest absolute Gasteiger partial charge is 0.480 e. The number of urea groups is 1. The number of ether oxygens (including phenoxy) is 1. The molecule has 18 heavy (non-hydrogen) atoms. The second-order valence-corrected chi connectivity index (χ2v) is 5.00. The SMILES string of the molecule is CC1OCCC1CNC(=O)N1CCC[C@@H]1C(=O)O. The van der Waals surface area contributed by atoms with Crippen molar-refractivity contribution in [3.05, 3.63) is 0 Å². The molecule has 2 rings (SSSR count). The normalized spacial score (nSPS) is 31.6. The van der Waals surface area contributed by atoms with Crippen molar-refractivity contribution in [1.82, 2.24) is 10.2 Å². The molecular weight excluding hydrogens is 236 g/mol. The third-order valence-electron chi connectivity index (χ3n) is 3.85. The average Bonchev–Trinajstić information content (AvgIpc) is 2.94. The molecule has 2 saturated heterocycles. The molecule has 0 aromatic carbocycles. The van der Waals surface area contributed by atoms with E-state index < -0.39 is 12.0 Å². The van der Waals surface area contributed by atoms with Crippen molar-refractivity contribution in [3.63, 3.8) is 0 Å². The van der Waals surface area contributed by atoms with Gasteiger partial charge >= 0.3 is 12.0 Å². The van der Waals surface area contributed by atoms with Gasteiger partial charge in [-0.25, -0.2) is 9.59 Å². The number of rotatable bonds is 3. The lowest BCUT2D eigenvalue weighted by atomic mass is 10.0. The van der Waals surface area contributed by atoms with Crippen molar-refractivity contribution in [1.29, 1.82) is 0 Å². The van der Waals surface area contributed by atoms with E-state index in [4.69, 9.17) is 9.84 Å². The van der Waals surface area contributed by atoms with Gasteiger partial charge in [0, 0.05) is 25.6 Å². The average molecular weight is 256 g/mol. The van der Waals surface area contributed by atoms with E-state index in [2.05, 4.69) is 5.32 Å². The second-order valence-electron chi connectivity index (χ2n) is 5.00. The van der Waals surface area contributed by atoms with E-state index in [1.54, 1.807) is 0 Å². The van der Waals surface area contributed by atoms with Gasteiger partial charge in [-0.3, -0.25) is 0 Å². The van der Waals surface area contributed by atoms with Gasteiger partial charge in [0.15, 0.2) is 0 Å². The van der Waals surface area contributed by atoms with Crippen LogP contribution in [0, 0.1) is 5.92 Å². The number of nitrogens with zero attached hydrogens (tertiary/aromatic N) is 1. The van der Waals surface area contributed by atoms with E-state index >= 15 is 0 Å². The molecule has 102 valence electrons. The molecule has 2 N–H and O–H groups in total. The maximum Gasteiger partial charge on any atom is 0.326 e. The van der Waals surface area contributed by atoms with E-state index in [-0.39, 0.29) is 12.1 Å². The van der Waals surface area contributed by atoms with Crippen LogP contribution in [0.2, 0.25) is 0 Å². The molecule has 0 aliphatic carbocycles. The highest BCUT2D eigenvalue weighted by molar-refractivity contribution is 5.83. The van der Waals surface area contributed by atoms with Crippen molar-refractivity contribution in [2.24, 2.45) is 5.92 Å². The van der Waals surface area contributed by atoms with Crippen molar-refractivity contribution in [2.45, 2.75) is 38.3 Å². The van der Waals surface area contributed by atoms with Crippen molar-refractivity contribution in [3.8, 4) is 0 Å². The number of likely N-dealkylation sites (tertiary alicyclic amines) is 1. The summed E-state index contributed by atoms with van der Waals surface area (Å²) in [4.78, 5) is 24.3. The summed E-state index contributed by atoms with van der Waals surface area (Å²) >= 11 is 0. The van der Waals surface area contributed by atoms with Gasteiger partial charge in [-0.15, -0.1) is 0 Å². The molecule has 2 unspecified atom stereocenters. The van der Waals surface area contributed by atoms with Crippen molar-refractivity contribution in [2.75, 3.05) is 19.7 Å². The number of carboxylic acid groups (broad SMARTS) is 1. The Labute approximate surface area is 106 Å². The van der Waals surface area contributed by atoms with Crippen LogP contribution in [-0.4, -0.2) is 53.8 Å². The molecule has 2 heterocycles. The lowest BCUT2D eigenvalue weighted by Crippen LogP contribution is -2.47. The number of nitrogens with one attached hydrogen (secondary N) is 1. The van der Waals surface area contributed by atoms with Gasteiger partial charge in [-0.2, -0.15) is 0 Å². The van der Waals surface area contributed by atoms with Crippen LogP contribution in [0.15, 0.2) is 0 Å².